The number of hydrogen-bond acceptors (Lipinski definition) is 4. The predicted octanol–water partition coefficient (Wildman–Crippen LogP) is 1.13. The Morgan fingerprint density at radius 1 is 1.32 bits per heavy atom. The first-order valence-electron chi connectivity index (χ1n) is 7.41. The molecule has 2 saturated heterocycles. The zero-order chi connectivity index (χ0) is 14.1. The Morgan fingerprint density at radius 3 is 2.58 bits per heavy atom. The third kappa shape index (κ3) is 3.92. The summed E-state index contributed by atoms with van der Waals surface area (Å²) in [6.45, 7) is 7.88. The Labute approximate surface area is 117 Å². The lowest BCUT2D eigenvalue weighted by molar-refractivity contribution is 0.0970. The van der Waals surface area contributed by atoms with Crippen LogP contribution in [0.3, 0.4) is 0 Å². The van der Waals surface area contributed by atoms with Crippen LogP contribution in [0.25, 0.3) is 0 Å². The Balaban J connectivity index is 1.91. The Kier molecular flexibility index (Phi) is 4.58. The van der Waals surface area contributed by atoms with Crippen molar-refractivity contribution in [1.29, 1.82) is 0 Å². The smallest absolute Gasteiger partial charge is 0.151 e. The molecule has 1 N–H and O–H groups in total. The normalized spacial score (nSPS) is 31.8. The second kappa shape index (κ2) is 5.70. The molecule has 2 heterocycles. The van der Waals surface area contributed by atoms with Gasteiger partial charge in [-0.15, -0.1) is 0 Å². The van der Waals surface area contributed by atoms with E-state index >= 15 is 0 Å². The van der Waals surface area contributed by atoms with Gasteiger partial charge in [0.05, 0.1) is 11.5 Å². The van der Waals surface area contributed by atoms with Crippen molar-refractivity contribution in [1.82, 2.24) is 10.2 Å². The van der Waals surface area contributed by atoms with Crippen molar-refractivity contribution in [2.24, 2.45) is 11.3 Å². The first kappa shape index (κ1) is 15.3. The van der Waals surface area contributed by atoms with Crippen LogP contribution in [0.2, 0.25) is 0 Å². The van der Waals surface area contributed by atoms with Crippen LogP contribution in [0.5, 0.6) is 0 Å². The Hall–Kier alpha value is -0.130. The maximum atomic E-state index is 11.6. The zero-order valence-corrected chi connectivity index (χ0v) is 13.3. The molecule has 0 aliphatic carbocycles. The van der Waals surface area contributed by atoms with Crippen LogP contribution < -0.4 is 5.32 Å². The van der Waals surface area contributed by atoms with E-state index in [-0.39, 0.29) is 11.5 Å². The molecule has 0 aromatic heterocycles. The molecule has 0 aromatic rings. The average Bonchev–Trinajstić information content (AvgIpc) is 2.70. The minimum Gasteiger partial charge on any atom is -0.316 e. The molecule has 0 aromatic carbocycles. The van der Waals surface area contributed by atoms with Crippen LogP contribution in [-0.2, 0) is 9.84 Å². The Bertz CT molecular complexity index is 400. The van der Waals surface area contributed by atoms with E-state index in [1.165, 1.54) is 12.8 Å². The summed E-state index contributed by atoms with van der Waals surface area (Å²) < 4.78 is 23.2. The van der Waals surface area contributed by atoms with E-state index in [1.54, 1.807) is 0 Å². The monoisotopic (exact) mass is 288 g/mol. The van der Waals surface area contributed by atoms with Crippen molar-refractivity contribution in [3.63, 3.8) is 0 Å². The zero-order valence-electron chi connectivity index (χ0n) is 12.5. The molecular formula is C14H28N2O2S. The summed E-state index contributed by atoms with van der Waals surface area (Å²) in [5.41, 5.74) is 0.245. The molecule has 0 saturated carbocycles. The minimum atomic E-state index is -2.77. The standard InChI is InChI=1S/C14H28N2O2S/c1-14(2,12-5-4-7-15-9-12)11-16(3)13-6-8-19(17,18)10-13/h12-13,15H,4-11H2,1-3H3. The third-order valence-electron chi connectivity index (χ3n) is 4.89. The third-order valence-corrected chi connectivity index (χ3v) is 6.64. The number of hydrogen-bond donors (Lipinski definition) is 1. The summed E-state index contributed by atoms with van der Waals surface area (Å²) in [4.78, 5) is 2.28. The lowest BCUT2D eigenvalue weighted by Crippen LogP contribution is -2.46. The van der Waals surface area contributed by atoms with Crippen molar-refractivity contribution in [3.05, 3.63) is 0 Å². The topological polar surface area (TPSA) is 49.4 Å². The first-order chi connectivity index (χ1) is 8.80. The van der Waals surface area contributed by atoms with Gasteiger partial charge in [-0.1, -0.05) is 13.8 Å². The maximum Gasteiger partial charge on any atom is 0.151 e. The van der Waals surface area contributed by atoms with E-state index in [0.29, 0.717) is 17.4 Å². The predicted molar refractivity (Wildman–Crippen MR) is 79.1 cm³/mol. The molecule has 4 nitrogen and oxygen atoms in total. The summed E-state index contributed by atoms with van der Waals surface area (Å²) in [5.74, 6) is 1.41. The van der Waals surface area contributed by atoms with Crippen LogP contribution >= 0.6 is 0 Å². The molecule has 0 spiro atoms. The van der Waals surface area contributed by atoms with Crippen molar-refractivity contribution < 1.29 is 8.42 Å². The van der Waals surface area contributed by atoms with Gasteiger partial charge in [-0.25, -0.2) is 8.42 Å². The average molecular weight is 288 g/mol. The molecular weight excluding hydrogens is 260 g/mol. The highest BCUT2D eigenvalue weighted by molar-refractivity contribution is 7.91. The minimum absolute atomic E-state index is 0.223. The molecule has 2 rings (SSSR count). The van der Waals surface area contributed by atoms with Gasteiger partial charge >= 0.3 is 0 Å². The van der Waals surface area contributed by atoms with E-state index < -0.39 is 9.84 Å². The van der Waals surface area contributed by atoms with E-state index in [1.807, 2.05) is 0 Å². The molecule has 2 fully saturated rings. The van der Waals surface area contributed by atoms with Crippen molar-refractivity contribution in [2.75, 3.05) is 38.2 Å². The van der Waals surface area contributed by atoms with Crippen LogP contribution in [0.15, 0.2) is 0 Å². The van der Waals surface area contributed by atoms with Gasteiger partial charge in [0, 0.05) is 12.6 Å². The van der Waals surface area contributed by atoms with Gasteiger partial charge in [0.25, 0.3) is 0 Å². The fourth-order valence-electron chi connectivity index (χ4n) is 3.54. The summed E-state index contributed by atoms with van der Waals surface area (Å²) in [5, 5.41) is 3.48. The largest absolute Gasteiger partial charge is 0.316 e. The number of piperidine rings is 1. The van der Waals surface area contributed by atoms with Crippen LogP contribution in [0.1, 0.15) is 33.1 Å². The van der Waals surface area contributed by atoms with Crippen LogP contribution in [0.4, 0.5) is 0 Å². The lowest BCUT2D eigenvalue weighted by atomic mass is 9.74. The SMILES string of the molecule is CN(CC(C)(C)C1CCCNC1)C1CCS(=O)(=O)C1. The van der Waals surface area contributed by atoms with E-state index in [2.05, 4.69) is 31.1 Å². The van der Waals surface area contributed by atoms with Crippen molar-refractivity contribution >= 4 is 9.84 Å². The molecule has 112 valence electrons. The first-order valence-corrected chi connectivity index (χ1v) is 9.24. The van der Waals surface area contributed by atoms with Gasteiger partial charge in [-0.05, 0) is 50.7 Å². The van der Waals surface area contributed by atoms with Gasteiger partial charge < -0.3 is 10.2 Å². The Morgan fingerprint density at radius 2 is 2.05 bits per heavy atom. The summed E-state index contributed by atoms with van der Waals surface area (Å²) in [6.07, 6.45) is 3.35. The number of rotatable bonds is 4. The molecule has 19 heavy (non-hydrogen) atoms. The van der Waals surface area contributed by atoms with Crippen LogP contribution in [-0.4, -0.2) is 57.5 Å². The second-order valence-electron chi connectivity index (χ2n) is 7.00. The second-order valence-corrected chi connectivity index (χ2v) is 9.23. The molecule has 2 aliphatic heterocycles. The maximum absolute atomic E-state index is 11.6. The number of sulfone groups is 1. The van der Waals surface area contributed by atoms with Crippen LogP contribution in [0, 0.1) is 11.3 Å². The fraction of sp³-hybridized carbons (Fsp3) is 1.00. The van der Waals surface area contributed by atoms with Crippen molar-refractivity contribution in [2.45, 2.75) is 39.2 Å². The summed E-state index contributed by atoms with van der Waals surface area (Å²) in [7, 11) is -0.688. The van der Waals surface area contributed by atoms with E-state index in [4.69, 9.17) is 0 Å². The van der Waals surface area contributed by atoms with Gasteiger partial charge in [-0.3, -0.25) is 0 Å². The summed E-state index contributed by atoms with van der Waals surface area (Å²) in [6, 6.07) is 0.223. The molecule has 2 aliphatic rings. The highest BCUT2D eigenvalue weighted by atomic mass is 32.2. The quantitative estimate of drug-likeness (QED) is 0.842. The molecule has 0 amide bonds. The highest BCUT2D eigenvalue weighted by Crippen LogP contribution is 2.33. The van der Waals surface area contributed by atoms with Crippen molar-refractivity contribution in [3.8, 4) is 0 Å². The molecule has 0 bridgehead atoms. The fourth-order valence-corrected chi connectivity index (χ4v) is 5.35. The molecule has 2 atom stereocenters. The highest BCUT2D eigenvalue weighted by Gasteiger charge is 2.36. The van der Waals surface area contributed by atoms with Gasteiger partial charge in [-0.2, -0.15) is 0 Å². The van der Waals surface area contributed by atoms with E-state index in [9.17, 15) is 8.42 Å². The lowest BCUT2D eigenvalue weighted by Gasteiger charge is -2.41. The molecule has 2 unspecified atom stereocenters. The summed E-state index contributed by atoms with van der Waals surface area (Å²) >= 11 is 0. The molecule has 0 radical (unpaired) electrons. The number of nitrogens with zero attached hydrogens (tertiary/aromatic N) is 1. The number of nitrogens with one attached hydrogen (secondary N) is 1. The van der Waals surface area contributed by atoms with Gasteiger partial charge in [0.2, 0.25) is 0 Å². The van der Waals surface area contributed by atoms with E-state index in [0.717, 1.165) is 26.1 Å². The van der Waals surface area contributed by atoms with Gasteiger partial charge in [0.15, 0.2) is 9.84 Å². The molecule has 5 heteroatoms. The van der Waals surface area contributed by atoms with Gasteiger partial charge in [0.1, 0.15) is 0 Å².